The van der Waals surface area contributed by atoms with Gasteiger partial charge in [0.05, 0.1) is 17.2 Å². The van der Waals surface area contributed by atoms with E-state index >= 15 is 0 Å². The third kappa shape index (κ3) is 3.24. The van der Waals surface area contributed by atoms with Crippen molar-refractivity contribution in [2.75, 3.05) is 18.5 Å². The highest BCUT2D eigenvalue weighted by atomic mass is 16.5. The number of aryl methyl sites for hydroxylation is 1. The average molecular weight is 419 g/mol. The third-order valence-electron chi connectivity index (χ3n) is 6.51. The monoisotopic (exact) mass is 418 g/mol. The minimum atomic E-state index is 0.292. The SMILES string of the molecule is Cc1nc2ncc(-c3ccn4nc(NC5CC(N)C5)ncc34)cc2n1C1CCOCC1. The van der Waals surface area contributed by atoms with E-state index in [1.165, 1.54) is 0 Å². The highest BCUT2D eigenvalue weighted by molar-refractivity contribution is 5.85. The van der Waals surface area contributed by atoms with Crippen LogP contribution in [0.15, 0.2) is 30.7 Å². The largest absolute Gasteiger partial charge is 0.381 e. The Kier molecular flexibility index (Phi) is 4.39. The zero-order valence-corrected chi connectivity index (χ0v) is 17.5. The third-order valence-corrected chi connectivity index (χ3v) is 6.51. The number of hydrogen-bond acceptors (Lipinski definition) is 7. The van der Waals surface area contributed by atoms with E-state index in [-0.39, 0.29) is 0 Å². The topological polar surface area (TPSA) is 108 Å². The van der Waals surface area contributed by atoms with Crippen LogP contribution in [0.4, 0.5) is 5.95 Å². The number of hydrogen-bond donors (Lipinski definition) is 2. The molecule has 0 atom stereocenters. The molecule has 1 aliphatic heterocycles. The summed E-state index contributed by atoms with van der Waals surface area (Å²) in [7, 11) is 0. The summed E-state index contributed by atoms with van der Waals surface area (Å²) in [5.74, 6) is 1.64. The number of ether oxygens (including phenoxy) is 1. The first-order chi connectivity index (χ1) is 15.2. The maximum absolute atomic E-state index is 5.88. The number of nitrogens with zero attached hydrogens (tertiary/aromatic N) is 6. The Morgan fingerprint density at radius 3 is 2.77 bits per heavy atom. The Balaban J connectivity index is 1.36. The summed E-state index contributed by atoms with van der Waals surface area (Å²) in [6.07, 6.45) is 9.65. The van der Waals surface area contributed by atoms with Gasteiger partial charge in [-0.25, -0.2) is 19.5 Å². The van der Waals surface area contributed by atoms with Crippen LogP contribution in [-0.2, 0) is 4.74 Å². The van der Waals surface area contributed by atoms with E-state index in [1.54, 1.807) is 0 Å². The van der Waals surface area contributed by atoms with E-state index in [4.69, 9.17) is 15.5 Å². The standard InChI is InChI=1S/C22H26N8O/c1-13-26-21-19(30(13)17-3-6-31-7-4-17)8-14(11-24-21)18-2-5-29-20(18)12-25-22(28-29)27-16-9-15(23)10-16/h2,5,8,11-12,15-17H,3-4,6-7,9-10,23H2,1H3,(H,27,28). The van der Waals surface area contributed by atoms with Crippen LogP contribution in [0.1, 0.15) is 37.5 Å². The number of imidazole rings is 1. The van der Waals surface area contributed by atoms with E-state index in [1.807, 2.05) is 23.1 Å². The molecular formula is C22H26N8O. The lowest BCUT2D eigenvalue weighted by Crippen LogP contribution is -2.44. The first-order valence-corrected chi connectivity index (χ1v) is 10.9. The summed E-state index contributed by atoms with van der Waals surface area (Å²) in [4.78, 5) is 13.9. The Morgan fingerprint density at radius 2 is 1.97 bits per heavy atom. The number of aromatic nitrogens is 6. The number of rotatable bonds is 4. The predicted molar refractivity (Wildman–Crippen MR) is 118 cm³/mol. The van der Waals surface area contributed by atoms with Crippen LogP contribution >= 0.6 is 0 Å². The van der Waals surface area contributed by atoms with Gasteiger partial charge in [-0.15, -0.1) is 5.10 Å². The van der Waals surface area contributed by atoms with Gasteiger partial charge in [0, 0.05) is 54.9 Å². The lowest BCUT2D eigenvalue weighted by atomic mass is 9.88. The minimum Gasteiger partial charge on any atom is -0.381 e. The fraction of sp³-hybridized carbons (Fsp3) is 0.455. The van der Waals surface area contributed by atoms with Crippen molar-refractivity contribution in [2.45, 2.75) is 50.7 Å². The van der Waals surface area contributed by atoms with Crippen LogP contribution in [0.2, 0.25) is 0 Å². The zero-order chi connectivity index (χ0) is 20.9. The van der Waals surface area contributed by atoms with Gasteiger partial charge in [0.15, 0.2) is 5.65 Å². The molecule has 5 heterocycles. The van der Waals surface area contributed by atoms with Crippen LogP contribution in [0.5, 0.6) is 0 Å². The van der Waals surface area contributed by atoms with Gasteiger partial charge in [0.2, 0.25) is 5.95 Å². The first kappa shape index (κ1) is 18.7. The first-order valence-electron chi connectivity index (χ1n) is 10.9. The Bertz CT molecular complexity index is 1250. The van der Waals surface area contributed by atoms with E-state index < -0.39 is 0 Å². The Morgan fingerprint density at radius 1 is 1.13 bits per heavy atom. The van der Waals surface area contributed by atoms with E-state index in [2.05, 4.69) is 44.0 Å². The van der Waals surface area contributed by atoms with Crippen molar-refractivity contribution in [1.29, 1.82) is 0 Å². The molecule has 2 aliphatic rings. The van der Waals surface area contributed by atoms with Gasteiger partial charge >= 0.3 is 0 Å². The van der Waals surface area contributed by atoms with Crippen molar-refractivity contribution in [3.05, 3.63) is 36.5 Å². The molecule has 9 heteroatoms. The van der Waals surface area contributed by atoms with Crippen molar-refractivity contribution < 1.29 is 4.74 Å². The molecule has 6 rings (SSSR count). The maximum atomic E-state index is 5.88. The minimum absolute atomic E-state index is 0.292. The molecule has 0 spiro atoms. The zero-order valence-electron chi connectivity index (χ0n) is 17.5. The number of pyridine rings is 1. The maximum Gasteiger partial charge on any atom is 0.241 e. The highest BCUT2D eigenvalue weighted by Crippen LogP contribution is 2.31. The lowest BCUT2D eigenvalue weighted by Gasteiger charge is -2.32. The lowest BCUT2D eigenvalue weighted by molar-refractivity contribution is 0.0701. The average Bonchev–Trinajstić information content (AvgIpc) is 3.32. The number of anilines is 1. The Labute approximate surface area is 179 Å². The molecule has 1 saturated carbocycles. The second-order valence-electron chi connectivity index (χ2n) is 8.65. The van der Waals surface area contributed by atoms with Crippen LogP contribution in [0.25, 0.3) is 27.8 Å². The van der Waals surface area contributed by atoms with Crippen molar-refractivity contribution in [2.24, 2.45) is 5.73 Å². The molecule has 4 aromatic rings. The molecule has 1 saturated heterocycles. The second-order valence-corrected chi connectivity index (χ2v) is 8.65. The molecule has 0 aromatic carbocycles. The van der Waals surface area contributed by atoms with E-state index in [0.29, 0.717) is 24.1 Å². The Hall–Kier alpha value is -3.04. The van der Waals surface area contributed by atoms with Crippen LogP contribution in [0.3, 0.4) is 0 Å². The fourth-order valence-corrected chi connectivity index (χ4v) is 4.82. The smallest absolute Gasteiger partial charge is 0.241 e. The summed E-state index contributed by atoms with van der Waals surface area (Å²) in [6.45, 7) is 3.64. The summed E-state index contributed by atoms with van der Waals surface area (Å²) in [6, 6.07) is 5.31. The van der Waals surface area contributed by atoms with Gasteiger partial charge in [-0.05, 0) is 44.7 Å². The molecule has 1 aliphatic carbocycles. The van der Waals surface area contributed by atoms with Gasteiger partial charge in [0.1, 0.15) is 5.82 Å². The molecule has 31 heavy (non-hydrogen) atoms. The molecule has 2 fully saturated rings. The predicted octanol–water partition coefficient (Wildman–Crippen LogP) is 2.70. The van der Waals surface area contributed by atoms with Gasteiger partial charge in [-0.3, -0.25) is 0 Å². The molecular weight excluding hydrogens is 392 g/mol. The van der Waals surface area contributed by atoms with E-state index in [9.17, 15) is 0 Å². The van der Waals surface area contributed by atoms with Gasteiger partial charge in [-0.2, -0.15) is 0 Å². The molecule has 3 N–H and O–H groups in total. The molecule has 0 amide bonds. The van der Waals surface area contributed by atoms with Gasteiger partial charge in [-0.1, -0.05) is 0 Å². The number of nitrogens with one attached hydrogen (secondary N) is 1. The van der Waals surface area contributed by atoms with E-state index in [0.717, 1.165) is 72.5 Å². The number of fused-ring (bicyclic) bond motifs is 2. The van der Waals surface area contributed by atoms with Crippen LogP contribution in [0, 0.1) is 6.92 Å². The van der Waals surface area contributed by atoms with Crippen LogP contribution in [-0.4, -0.2) is 54.4 Å². The molecule has 0 unspecified atom stereocenters. The molecule has 0 bridgehead atoms. The number of nitrogens with two attached hydrogens (primary N) is 1. The fourth-order valence-electron chi connectivity index (χ4n) is 4.82. The molecule has 0 radical (unpaired) electrons. The van der Waals surface area contributed by atoms with Crippen molar-refractivity contribution >= 4 is 22.6 Å². The summed E-state index contributed by atoms with van der Waals surface area (Å²) >= 11 is 0. The summed E-state index contributed by atoms with van der Waals surface area (Å²) in [5, 5.41) is 7.99. The van der Waals surface area contributed by atoms with Gasteiger partial charge < -0.3 is 20.4 Å². The quantitative estimate of drug-likeness (QED) is 0.524. The molecule has 160 valence electrons. The summed E-state index contributed by atoms with van der Waals surface area (Å²) < 4.78 is 9.75. The summed E-state index contributed by atoms with van der Waals surface area (Å²) in [5.41, 5.74) is 10.8. The molecule has 4 aromatic heterocycles. The van der Waals surface area contributed by atoms with Crippen molar-refractivity contribution in [3.63, 3.8) is 0 Å². The normalized spacial score (nSPS) is 22.1. The highest BCUT2D eigenvalue weighted by Gasteiger charge is 2.26. The van der Waals surface area contributed by atoms with Crippen molar-refractivity contribution in [3.8, 4) is 11.1 Å². The molecule has 9 nitrogen and oxygen atoms in total. The van der Waals surface area contributed by atoms with Crippen LogP contribution < -0.4 is 11.1 Å². The van der Waals surface area contributed by atoms with Gasteiger partial charge in [0.25, 0.3) is 0 Å². The van der Waals surface area contributed by atoms with Crippen molar-refractivity contribution in [1.82, 2.24) is 29.1 Å². The second kappa shape index (κ2) is 7.28.